The Kier molecular flexibility index (Phi) is 5.78. The number of aryl methyl sites for hydroxylation is 1. The molecular weight excluding hydrogens is 318 g/mol. The van der Waals surface area contributed by atoms with E-state index in [1.807, 2.05) is 25.1 Å². The summed E-state index contributed by atoms with van der Waals surface area (Å²) in [5.74, 6) is -0.0392. The molecule has 0 unspecified atom stereocenters. The van der Waals surface area contributed by atoms with Crippen molar-refractivity contribution in [1.82, 2.24) is 25.0 Å². The Balaban J connectivity index is 1.54. The summed E-state index contributed by atoms with van der Waals surface area (Å²) in [6, 6.07) is 5.75. The van der Waals surface area contributed by atoms with Gasteiger partial charge in [-0.05, 0) is 44.0 Å². The molecule has 0 aliphatic carbocycles. The average Bonchev–Trinajstić information content (AvgIpc) is 3.15. The first kappa shape index (κ1) is 17.6. The molecule has 1 aromatic carbocycles. The number of nitrogens with zero attached hydrogens (tertiary/aromatic N) is 4. The lowest BCUT2D eigenvalue weighted by molar-refractivity contribution is 0.0363. The number of carbonyl (C=O) groups is 1. The standard InChI is InChI=1S/C18H25N5O2/c1-14-11-16(3-4-17(14)23-13-19-12-20-23)18(24)21-15(2)5-6-22-7-9-25-10-8-22/h3-4,11-13,15H,5-10H2,1-2H3,(H,21,24)/t15-/m1/s1. The van der Waals surface area contributed by atoms with Crippen LogP contribution in [0.25, 0.3) is 5.69 Å². The molecule has 0 radical (unpaired) electrons. The molecule has 25 heavy (non-hydrogen) atoms. The van der Waals surface area contributed by atoms with Gasteiger partial charge in [-0.3, -0.25) is 9.69 Å². The van der Waals surface area contributed by atoms with E-state index in [9.17, 15) is 4.79 Å². The Morgan fingerprint density at radius 3 is 2.84 bits per heavy atom. The number of carbonyl (C=O) groups excluding carboxylic acids is 1. The molecule has 7 nitrogen and oxygen atoms in total. The number of ether oxygens (including phenoxy) is 1. The van der Waals surface area contributed by atoms with Gasteiger partial charge in [0.2, 0.25) is 0 Å². The van der Waals surface area contributed by atoms with E-state index >= 15 is 0 Å². The number of aromatic nitrogens is 3. The fraction of sp³-hybridized carbons (Fsp3) is 0.500. The van der Waals surface area contributed by atoms with Gasteiger partial charge in [0.25, 0.3) is 5.91 Å². The maximum absolute atomic E-state index is 12.5. The molecule has 1 atom stereocenters. The fourth-order valence-electron chi connectivity index (χ4n) is 2.97. The second kappa shape index (κ2) is 8.22. The van der Waals surface area contributed by atoms with Crippen molar-refractivity contribution in [3.63, 3.8) is 0 Å². The van der Waals surface area contributed by atoms with Gasteiger partial charge in [-0.1, -0.05) is 0 Å². The van der Waals surface area contributed by atoms with E-state index in [4.69, 9.17) is 4.74 Å². The lowest BCUT2D eigenvalue weighted by Crippen LogP contribution is -2.40. The fourth-order valence-corrected chi connectivity index (χ4v) is 2.97. The number of rotatable bonds is 6. The van der Waals surface area contributed by atoms with Crippen molar-refractivity contribution in [3.05, 3.63) is 42.0 Å². The largest absolute Gasteiger partial charge is 0.379 e. The zero-order valence-electron chi connectivity index (χ0n) is 14.8. The molecule has 0 saturated carbocycles. The molecule has 1 aromatic heterocycles. The van der Waals surface area contributed by atoms with Crippen LogP contribution in [0.3, 0.4) is 0 Å². The molecule has 1 amide bonds. The molecule has 1 aliphatic heterocycles. The molecule has 1 N–H and O–H groups in total. The van der Waals surface area contributed by atoms with Crippen LogP contribution in [0, 0.1) is 6.92 Å². The predicted octanol–water partition coefficient (Wildman–Crippen LogP) is 1.42. The Hall–Kier alpha value is -2.25. The first-order chi connectivity index (χ1) is 12.1. The maximum Gasteiger partial charge on any atom is 0.251 e. The van der Waals surface area contributed by atoms with Crippen molar-refractivity contribution in [2.45, 2.75) is 26.3 Å². The molecule has 0 spiro atoms. The summed E-state index contributed by atoms with van der Waals surface area (Å²) < 4.78 is 7.05. The van der Waals surface area contributed by atoms with E-state index in [0.717, 1.165) is 50.5 Å². The minimum atomic E-state index is -0.0392. The van der Waals surface area contributed by atoms with E-state index in [2.05, 4.69) is 27.2 Å². The Labute approximate surface area is 148 Å². The van der Waals surface area contributed by atoms with Crippen LogP contribution in [0.4, 0.5) is 0 Å². The van der Waals surface area contributed by atoms with Gasteiger partial charge in [0.15, 0.2) is 0 Å². The first-order valence-electron chi connectivity index (χ1n) is 8.70. The van der Waals surface area contributed by atoms with Crippen molar-refractivity contribution in [1.29, 1.82) is 0 Å². The molecule has 2 aromatic rings. The lowest BCUT2D eigenvalue weighted by atomic mass is 10.1. The molecule has 134 valence electrons. The Morgan fingerprint density at radius 1 is 1.36 bits per heavy atom. The van der Waals surface area contributed by atoms with Crippen molar-refractivity contribution in [3.8, 4) is 5.69 Å². The first-order valence-corrected chi connectivity index (χ1v) is 8.70. The third-order valence-corrected chi connectivity index (χ3v) is 4.48. The van der Waals surface area contributed by atoms with Gasteiger partial charge in [-0.25, -0.2) is 9.67 Å². The van der Waals surface area contributed by atoms with E-state index in [0.29, 0.717) is 5.56 Å². The van der Waals surface area contributed by atoms with Crippen LogP contribution in [-0.2, 0) is 4.74 Å². The topological polar surface area (TPSA) is 72.3 Å². The molecule has 0 bridgehead atoms. The molecule has 2 heterocycles. The quantitative estimate of drug-likeness (QED) is 0.859. The summed E-state index contributed by atoms with van der Waals surface area (Å²) >= 11 is 0. The zero-order valence-corrected chi connectivity index (χ0v) is 14.8. The summed E-state index contributed by atoms with van der Waals surface area (Å²) in [7, 11) is 0. The van der Waals surface area contributed by atoms with Gasteiger partial charge in [0, 0.05) is 31.2 Å². The van der Waals surface area contributed by atoms with Gasteiger partial charge in [-0.2, -0.15) is 5.10 Å². The Morgan fingerprint density at radius 2 is 2.16 bits per heavy atom. The number of nitrogens with one attached hydrogen (secondary N) is 1. The van der Waals surface area contributed by atoms with Crippen LogP contribution in [-0.4, -0.2) is 64.5 Å². The molecular formula is C18H25N5O2. The third-order valence-electron chi connectivity index (χ3n) is 4.48. The predicted molar refractivity (Wildman–Crippen MR) is 94.9 cm³/mol. The van der Waals surface area contributed by atoms with Gasteiger partial charge in [0.05, 0.1) is 18.9 Å². The van der Waals surface area contributed by atoms with Crippen molar-refractivity contribution in [2.75, 3.05) is 32.8 Å². The number of hydrogen-bond donors (Lipinski definition) is 1. The van der Waals surface area contributed by atoms with Crippen LogP contribution in [0.2, 0.25) is 0 Å². The van der Waals surface area contributed by atoms with Crippen LogP contribution in [0.1, 0.15) is 29.3 Å². The van der Waals surface area contributed by atoms with E-state index < -0.39 is 0 Å². The normalized spacial score (nSPS) is 16.6. The van der Waals surface area contributed by atoms with Gasteiger partial charge in [-0.15, -0.1) is 0 Å². The smallest absolute Gasteiger partial charge is 0.251 e. The molecule has 3 rings (SSSR count). The van der Waals surface area contributed by atoms with Crippen molar-refractivity contribution >= 4 is 5.91 Å². The molecule has 1 aliphatic rings. The summed E-state index contributed by atoms with van der Waals surface area (Å²) in [6.07, 6.45) is 4.08. The average molecular weight is 343 g/mol. The molecule has 1 saturated heterocycles. The lowest BCUT2D eigenvalue weighted by Gasteiger charge is -2.27. The number of benzene rings is 1. The van der Waals surface area contributed by atoms with Crippen LogP contribution >= 0.6 is 0 Å². The second-order valence-corrected chi connectivity index (χ2v) is 6.46. The monoisotopic (exact) mass is 343 g/mol. The summed E-state index contributed by atoms with van der Waals surface area (Å²) in [6.45, 7) is 8.56. The SMILES string of the molecule is Cc1cc(C(=O)N[C@H](C)CCN2CCOCC2)ccc1-n1cncn1. The highest BCUT2D eigenvalue weighted by Gasteiger charge is 2.14. The maximum atomic E-state index is 12.5. The third kappa shape index (κ3) is 4.64. The van der Waals surface area contributed by atoms with E-state index in [-0.39, 0.29) is 11.9 Å². The Bertz CT molecular complexity index is 695. The van der Waals surface area contributed by atoms with Gasteiger partial charge < -0.3 is 10.1 Å². The van der Waals surface area contributed by atoms with E-state index in [1.54, 1.807) is 11.0 Å². The molecule has 1 fully saturated rings. The highest BCUT2D eigenvalue weighted by Crippen LogP contribution is 2.15. The van der Waals surface area contributed by atoms with E-state index in [1.165, 1.54) is 6.33 Å². The number of hydrogen-bond acceptors (Lipinski definition) is 5. The minimum absolute atomic E-state index is 0.0392. The van der Waals surface area contributed by atoms with Crippen molar-refractivity contribution in [2.24, 2.45) is 0 Å². The van der Waals surface area contributed by atoms with Crippen molar-refractivity contribution < 1.29 is 9.53 Å². The highest BCUT2D eigenvalue weighted by atomic mass is 16.5. The summed E-state index contributed by atoms with van der Waals surface area (Å²) in [5, 5.41) is 7.22. The van der Waals surface area contributed by atoms with Crippen LogP contribution in [0.15, 0.2) is 30.9 Å². The summed E-state index contributed by atoms with van der Waals surface area (Å²) in [4.78, 5) is 18.8. The minimum Gasteiger partial charge on any atom is -0.379 e. The zero-order chi connectivity index (χ0) is 17.6. The molecule has 7 heteroatoms. The van der Waals surface area contributed by atoms with Gasteiger partial charge in [0.1, 0.15) is 12.7 Å². The summed E-state index contributed by atoms with van der Waals surface area (Å²) in [5.41, 5.74) is 2.58. The van der Waals surface area contributed by atoms with Crippen LogP contribution < -0.4 is 5.32 Å². The highest BCUT2D eigenvalue weighted by molar-refractivity contribution is 5.94. The van der Waals surface area contributed by atoms with Crippen LogP contribution in [0.5, 0.6) is 0 Å². The second-order valence-electron chi connectivity index (χ2n) is 6.46. The number of morpholine rings is 1. The number of amides is 1. The van der Waals surface area contributed by atoms with Gasteiger partial charge >= 0.3 is 0 Å².